The van der Waals surface area contributed by atoms with E-state index in [-0.39, 0.29) is 83.2 Å². The van der Waals surface area contributed by atoms with Crippen molar-refractivity contribution in [1.82, 2.24) is 58.5 Å². The third-order valence-corrected chi connectivity index (χ3v) is 16.1. The highest BCUT2D eigenvalue weighted by atomic mass is 16.3. The van der Waals surface area contributed by atoms with Gasteiger partial charge in [-0.1, -0.05) is 133 Å². The lowest BCUT2D eigenvalue weighted by molar-refractivity contribution is -0.136. The Bertz CT molecular complexity index is 2690. The highest BCUT2D eigenvalue weighted by Crippen LogP contribution is 2.20. The Morgan fingerprint density at radius 3 is 1.32 bits per heavy atom. The molecule has 3 rings (SSSR count). The SMILES string of the molecule is CCCCCCCC[C@@H]1NC(=O)[C@@H](CCCCCCCC)NC(=O)[C@H](CCN)NC(=O)[C@@H](NC(=O)[C@H](CCN)NC(=O)[C@@H](NC(=O)[C@H](CCN)NC(=O)c2ccc(-c3ccccc3)cc2)C(C)O)CCNC(=O)[C@H](C(C)O)NC(=O)[C@H](CCN)NC(=O)[C@H](CCN)NC1=O. The molecule has 2 aromatic carbocycles. The van der Waals surface area contributed by atoms with Crippen molar-refractivity contribution in [3.05, 3.63) is 60.2 Å². The van der Waals surface area contributed by atoms with Crippen LogP contribution in [0.25, 0.3) is 11.1 Å². The molecule has 11 amide bonds. The molecule has 2 aromatic rings. The van der Waals surface area contributed by atoms with Gasteiger partial charge in [-0.25, -0.2) is 0 Å². The van der Waals surface area contributed by atoms with Crippen molar-refractivity contribution >= 4 is 65.0 Å². The Kier molecular flexibility index (Phi) is 38.4. The molecule has 29 nitrogen and oxygen atoms in total. The lowest BCUT2D eigenvalue weighted by Gasteiger charge is -2.28. The van der Waals surface area contributed by atoms with Gasteiger partial charge in [-0.05, 0) is 121 Å². The summed E-state index contributed by atoms with van der Waals surface area (Å²) in [6, 6.07) is 1.40. The fraction of sp³-hybridized carbons (Fsp3) is 0.646. The summed E-state index contributed by atoms with van der Waals surface area (Å²) in [7, 11) is 0. The molecule has 2 unspecified atom stereocenters. The number of carbonyl (C=O) groups is 11. The summed E-state index contributed by atoms with van der Waals surface area (Å²) in [4.78, 5) is 156. The Labute approximate surface area is 552 Å². The standard InChI is InChI=1S/C65H108N16O13/c1-5-7-9-11-13-18-22-45-56(85)73-46(23-19-14-12-10-8-6-2)57(86)75-48(29-35-67)59(88)77-51(32-38-70)63(92)80-53(40(3)82)64(93)71-39-33-52(61(90)76-47(28-34-66)58(87)74-45)78-60(89)49(30-36-68)79-65(94)54(41(4)83)81-62(91)50(31-37-69)72-55(84)44-26-24-43(25-27-44)42-20-16-15-17-21-42/h15-17,20-21,24-27,40-41,45-54,82-83H,5-14,18-19,22-23,28-39,66-70H2,1-4H3,(H,71,93)(H,72,84)(H,73,85)(H,74,87)(H,75,86)(H,76,90)(H,77,88)(H,78,89)(H,79,94)(H,80,92)(H,81,91)/t40?,41?,45-,46+,47+,48+,49+,50+,51+,52+,53+,54+/m1/s1. The molecule has 94 heavy (non-hydrogen) atoms. The van der Waals surface area contributed by atoms with Gasteiger partial charge in [-0.2, -0.15) is 0 Å². The Balaban J connectivity index is 2.06. The van der Waals surface area contributed by atoms with Crippen molar-refractivity contribution in [2.24, 2.45) is 28.7 Å². The zero-order valence-corrected chi connectivity index (χ0v) is 55.3. The van der Waals surface area contributed by atoms with Crippen LogP contribution in [0.5, 0.6) is 0 Å². The molecule has 0 bridgehead atoms. The first-order chi connectivity index (χ1) is 45.1. The topological polar surface area (TPSA) is 491 Å². The summed E-state index contributed by atoms with van der Waals surface area (Å²) >= 11 is 0. The molecule has 12 atom stereocenters. The number of carbonyl (C=O) groups excluding carboxylic acids is 11. The van der Waals surface area contributed by atoms with Gasteiger partial charge in [0.15, 0.2) is 0 Å². The maximum atomic E-state index is 14.7. The number of aliphatic hydroxyl groups excluding tert-OH is 2. The Morgan fingerprint density at radius 2 is 0.883 bits per heavy atom. The third-order valence-electron chi connectivity index (χ3n) is 16.1. The molecule has 1 aliphatic heterocycles. The van der Waals surface area contributed by atoms with E-state index < -0.39 is 151 Å². The van der Waals surface area contributed by atoms with Crippen molar-refractivity contribution in [2.75, 3.05) is 39.3 Å². The van der Waals surface area contributed by atoms with Crippen LogP contribution >= 0.6 is 0 Å². The number of nitrogens with two attached hydrogens (primary N) is 5. The van der Waals surface area contributed by atoms with E-state index >= 15 is 0 Å². The molecule has 0 aromatic heterocycles. The Morgan fingerprint density at radius 1 is 0.468 bits per heavy atom. The van der Waals surface area contributed by atoms with Crippen LogP contribution in [-0.4, -0.2) is 187 Å². The van der Waals surface area contributed by atoms with Gasteiger partial charge in [0.2, 0.25) is 59.1 Å². The second kappa shape index (κ2) is 44.8. The van der Waals surface area contributed by atoms with Crippen LogP contribution in [0, 0.1) is 0 Å². The first kappa shape index (κ1) is 80.6. The molecule has 0 radical (unpaired) electrons. The summed E-state index contributed by atoms with van der Waals surface area (Å²) in [6.45, 7) is 5.39. The minimum absolute atomic E-state index is 0.0749. The normalized spacial score (nSPS) is 21.4. The zero-order chi connectivity index (χ0) is 69.5. The molecule has 0 spiro atoms. The van der Waals surface area contributed by atoms with E-state index in [0.29, 0.717) is 25.7 Å². The van der Waals surface area contributed by atoms with Crippen LogP contribution in [0.4, 0.5) is 0 Å². The quantitative estimate of drug-likeness (QED) is 0.0344. The molecule has 0 saturated carbocycles. The van der Waals surface area contributed by atoms with Crippen LogP contribution < -0.4 is 87.2 Å². The molecule has 0 aliphatic carbocycles. The molecule has 29 heteroatoms. The van der Waals surface area contributed by atoms with Gasteiger partial charge in [0.25, 0.3) is 5.91 Å². The number of hydrogen-bond acceptors (Lipinski definition) is 18. The number of benzene rings is 2. The van der Waals surface area contributed by atoms with Crippen LogP contribution in [0.1, 0.15) is 166 Å². The van der Waals surface area contributed by atoms with Crippen LogP contribution in [0.2, 0.25) is 0 Å². The van der Waals surface area contributed by atoms with Crippen LogP contribution in [0.3, 0.4) is 0 Å². The van der Waals surface area contributed by atoms with E-state index in [1.165, 1.54) is 13.8 Å². The summed E-state index contributed by atoms with van der Waals surface area (Å²) in [6.07, 6.45) is 5.73. The number of hydrogen-bond donors (Lipinski definition) is 18. The molecule has 1 fully saturated rings. The van der Waals surface area contributed by atoms with Crippen LogP contribution in [0.15, 0.2) is 54.6 Å². The summed E-state index contributed by atoms with van der Waals surface area (Å²) in [5.74, 6) is -9.74. The smallest absolute Gasteiger partial charge is 0.251 e. The largest absolute Gasteiger partial charge is 0.391 e. The lowest BCUT2D eigenvalue weighted by Crippen LogP contribution is -2.62. The van der Waals surface area contributed by atoms with E-state index in [9.17, 15) is 63.0 Å². The summed E-state index contributed by atoms with van der Waals surface area (Å²) < 4.78 is 0. The third kappa shape index (κ3) is 28.5. The van der Waals surface area contributed by atoms with Crippen molar-refractivity contribution in [3.8, 4) is 11.1 Å². The monoisotopic (exact) mass is 1320 g/mol. The zero-order valence-electron chi connectivity index (χ0n) is 55.3. The highest BCUT2D eigenvalue weighted by molar-refractivity contribution is 6.01. The predicted octanol–water partition coefficient (Wildman–Crippen LogP) is -1.66. The van der Waals surface area contributed by atoms with Crippen molar-refractivity contribution in [1.29, 1.82) is 0 Å². The number of amides is 11. The van der Waals surface area contributed by atoms with Gasteiger partial charge in [-0.3, -0.25) is 52.7 Å². The maximum absolute atomic E-state index is 14.7. The second-order valence-corrected chi connectivity index (χ2v) is 23.9. The fourth-order valence-electron chi connectivity index (χ4n) is 10.6. The number of nitrogens with one attached hydrogen (secondary N) is 11. The first-order valence-electron chi connectivity index (χ1n) is 33.4. The predicted molar refractivity (Wildman–Crippen MR) is 356 cm³/mol. The minimum atomic E-state index is -1.74. The van der Waals surface area contributed by atoms with E-state index in [0.717, 1.165) is 62.5 Å². The summed E-state index contributed by atoms with van der Waals surface area (Å²) in [5, 5.41) is 50.4. The highest BCUT2D eigenvalue weighted by Gasteiger charge is 2.37. The average molecular weight is 1320 g/mol. The first-order valence-corrected chi connectivity index (χ1v) is 33.4. The molecule has 23 N–H and O–H groups in total. The van der Waals surface area contributed by atoms with Crippen molar-refractivity contribution in [2.45, 2.75) is 229 Å². The van der Waals surface area contributed by atoms with Gasteiger partial charge in [0, 0.05) is 12.1 Å². The average Bonchev–Trinajstić information content (AvgIpc) is 1.37. The van der Waals surface area contributed by atoms with Crippen LogP contribution in [-0.2, 0) is 47.9 Å². The molecule has 1 aliphatic rings. The Hall–Kier alpha value is -7.67. The van der Waals surface area contributed by atoms with Gasteiger partial charge < -0.3 is 97.4 Å². The molecule has 1 heterocycles. The van der Waals surface area contributed by atoms with Gasteiger partial charge in [-0.15, -0.1) is 0 Å². The maximum Gasteiger partial charge on any atom is 0.251 e. The van der Waals surface area contributed by atoms with E-state index in [4.69, 9.17) is 28.7 Å². The van der Waals surface area contributed by atoms with Gasteiger partial charge in [0.1, 0.15) is 60.4 Å². The molecule has 526 valence electrons. The fourth-order valence-corrected chi connectivity index (χ4v) is 10.6. The van der Waals surface area contributed by atoms with Gasteiger partial charge in [0.05, 0.1) is 12.2 Å². The lowest BCUT2D eigenvalue weighted by atomic mass is 10.0. The van der Waals surface area contributed by atoms with E-state index in [1.807, 2.05) is 30.3 Å². The molecular formula is C65H108N16O13. The van der Waals surface area contributed by atoms with E-state index in [1.54, 1.807) is 24.3 Å². The summed E-state index contributed by atoms with van der Waals surface area (Å²) in [5.41, 5.74) is 31.6. The van der Waals surface area contributed by atoms with Gasteiger partial charge >= 0.3 is 0 Å². The second-order valence-electron chi connectivity index (χ2n) is 23.9. The minimum Gasteiger partial charge on any atom is -0.391 e. The number of unbranched alkanes of at least 4 members (excludes halogenated alkanes) is 10. The number of rotatable bonds is 35. The number of aliphatic hydroxyl groups is 2. The molecule has 1 saturated heterocycles. The van der Waals surface area contributed by atoms with E-state index in [2.05, 4.69) is 72.3 Å². The van der Waals surface area contributed by atoms with Crippen molar-refractivity contribution < 1.29 is 63.0 Å². The molecular weight excluding hydrogens is 1210 g/mol. The van der Waals surface area contributed by atoms with Crippen molar-refractivity contribution in [3.63, 3.8) is 0 Å².